The molecule has 7 heteroatoms. The zero-order chi connectivity index (χ0) is 19.0. The molecule has 0 bridgehead atoms. The Bertz CT molecular complexity index is 854. The Morgan fingerprint density at radius 2 is 1.81 bits per heavy atom. The number of fused-ring (bicyclic) bond motifs is 1. The number of carbonyl (C=O) groups is 2. The molecule has 0 saturated carbocycles. The van der Waals surface area contributed by atoms with Gasteiger partial charge in [0, 0.05) is 50.0 Å². The molecule has 3 heterocycles. The van der Waals surface area contributed by atoms with Gasteiger partial charge >= 0.3 is 0 Å². The first-order valence-electron chi connectivity index (χ1n) is 9.30. The molecule has 2 aromatic rings. The van der Waals surface area contributed by atoms with Gasteiger partial charge in [-0.2, -0.15) is 0 Å². The number of piperidine rings is 1. The van der Waals surface area contributed by atoms with Crippen LogP contribution in [0, 0.1) is 11.7 Å². The van der Waals surface area contributed by atoms with Gasteiger partial charge < -0.3 is 14.3 Å². The zero-order valence-corrected chi connectivity index (χ0v) is 15.3. The highest BCUT2D eigenvalue weighted by molar-refractivity contribution is 5.80. The van der Waals surface area contributed by atoms with Crippen LogP contribution in [0.3, 0.4) is 0 Å². The smallest absolute Gasteiger partial charge is 0.226 e. The van der Waals surface area contributed by atoms with E-state index in [1.165, 1.54) is 12.1 Å². The molecule has 27 heavy (non-hydrogen) atoms. The SMILES string of the molecule is CC(=O)N1CCC(C(=O)N2CCc3noc(-c4ccc(F)cc4)c3C2)CC1. The van der Waals surface area contributed by atoms with Crippen LogP contribution in [0.4, 0.5) is 4.39 Å². The summed E-state index contributed by atoms with van der Waals surface area (Å²) in [7, 11) is 0. The van der Waals surface area contributed by atoms with Crippen molar-refractivity contribution in [3.63, 3.8) is 0 Å². The van der Waals surface area contributed by atoms with E-state index in [-0.39, 0.29) is 23.5 Å². The fraction of sp³-hybridized carbons (Fsp3) is 0.450. The molecule has 2 aliphatic heterocycles. The molecule has 1 aromatic heterocycles. The van der Waals surface area contributed by atoms with Crippen molar-refractivity contribution >= 4 is 11.8 Å². The van der Waals surface area contributed by atoms with Crippen LogP contribution >= 0.6 is 0 Å². The number of rotatable bonds is 2. The quantitative estimate of drug-likeness (QED) is 0.814. The van der Waals surface area contributed by atoms with Crippen molar-refractivity contribution < 1.29 is 18.5 Å². The van der Waals surface area contributed by atoms with Crippen LogP contribution in [-0.2, 0) is 22.6 Å². The second-order valence-electron chi connectivity index (χ2n) is 7.23. The Hall–Kier alpha value is -2.70. The molecule has 0 spiro atoms. The number of amides is 2. The van der Waals surface area contributed by atoms with E-state index < -0.39 is 0 Å². The second kappa shape index (κ2) is 7.13. The molecule has 0 unspecified atom stereocenters. The first kappa shape index (κ1) is 17.7. The van der Waals surface area contributed by atoms with Gasteiger partial charge in [-0.05, 0) is 37.1 Å². The molecule has 0 aliphatic carbocycles. The van der Waals surface area contributed by atoms with Crippen molar-refractivity contribution in [2.75, 3.05) is 19.6 Å². The lowest BCUT2D eigenvalue weighted by Crippen LogP contribution is -2.45. The summed E-state index contributed by atoms with van der Waals surface area (Å²) < 4.78 is 18.7. The van der Waals surface area contributed by atoms with Gasteiger partial charge in [-0.25, -0.2) is 4.39 Å². The predicted molar refractivity (Wildman–Crippen MR) is 96.0 cm³/mol. The third kappa shape index (κ3) is 3.46. The number of halogens is 1. The summed E-state index contributed by atoms with van der Waals surface area (Å²) in [5, 5.41) is 4.14. The Kier molecular flexibility index (Phi) is 4.68. The van der Waals surface area contributed by atoms with E-state index >= 15 is 0 Å². The summed E-state index contributed by atoms with van der Waals surface area (Å²) >= 11 is 0. The Morgan fingerprint density at radius 1 is 1.11 bits per heavy atom. The first-order chi connectivity index (χ1) is 13.0. The molecule has 0 radical (unpaired) electrons. The van der Waals surface area contributed by atoms with Crippen molar-refractivity contribution in [3.05, 3.63) is 41.3 Å². The van der Waals surface area contributed by atoms with Crippen LogP contribution in [0.5, 0.6) is 0 Å². The number of likely N-dealkylation sites (tertiary alicyclic amines) is 1. The van der Waals surface area contributed by atoms with Gasteiger partial charge in [0.1, 0.15) is 5.82 Å². The van der Waals surface area contributed by atoms with Crippen LogP contribution in [-0.4, -0.2) is 46.4 Å². The highest BCUT2D eigenvalue weighted by Crippen LogP contribution is 2.32. The molecule has 1 fully saturated rings. The highest BCUT2D eigenvalue weighted by Gasteiger charge is 2.33. The van der Waals surface area contributed by atoms with E-state index in [1.54, 1.807) is 24.0 Å². The maximum absolute atomic E-state index is 13.2. The summed E-state index contributed by atoms with van der Waals surface area (Å²) in [4.78, 5) is 28.1. The maximum Gasteiger partial charge on any atom is 0.226 e. The number of carbonyl (C=O) groups excluding carboxylic acids is 2. The molecular formula is C20H22FN3O3. The number of hydrogen-bond donors (Lipinski definition) is 0. The molecule has 2 amide bonds. The summed E-state index contributed by atoms with van der Waals surface area (Å²) in [6.45, 7) is 3.92. The van der Waals surface area contributed by atoms with Crippen molar-refractivity contribution in [1.82, 2.24) is 15.0 Å². The van der Waals surface area contributed by atoms with Crippen molar-refractivity contribution in [2.24, 2.45) is 5.92 Å². The molecular weight excluding hydrogens is 349 g/mol. The van der Waals surface area contributed by atoms with Gasteiger partial charge in [-0.15, -0.1) is 0 Å². The maximum atomic E-state index is 13.2. The van der Waals surface area contributed by atoms with E-state index in [1.807, 2.05) is 4.90 Å². The van der Waals surface area contributed by atoms with Crippen LogP contribution < -0.4 is 0 Å². The molecule has 0 atom stereocenters. The minimum absolute atomic E-state index is 0.0451. The van der Waals surface area contributed by atoms with Gasteiger partial charge in [-0.3, -0.25) is 9.59 Å². The lowest BCUT2D eigenvalue weighted by atomic mass is 9.93. The Labute approximate surface area is 156 Å². The first-order valence-corrected chi connectivity index (χ1v) is 9.30. The normalized spacial score (nSPS) is 17.7. The third-order valence-electron chi connectivity index (χ3n) is 5.54. The second-order valence-corrected chi connectivity index (χ2v) is 7.23. The molecule has 142 valence electrons. The molecule has 0 N–H and O–H groups in total. The van der Waals surface area contributed by atoms with Gasteiger partial charge in [0.15, 0.2) is 5.76 Å². The van der Waals surface area contributed by atoms with E-state index in [9.17, 15) is 14.0 Å². The van der Waals surface area contributed by atoms with Gasteiger partial charge in [0.25, 0.3) is 0 Å². The van der Waals surface area contributed by atoms with Crippen LogP contribution in [0.15, 0.2) is 28.8 Å². The van der Waals surface area contributed by atoms with E-state index in [4.69, 9.17) is 4.52 Å². The summed E-state index contributed by atoms with van der Waals surface area (Å²) in [6.07, 6.45) is 2.06. The van der Waals surface area contributed by atoms with Gasteiger partial charge in [0.2, 0.25) is 11.8 Å². The number of nitrogens with zero attached hydrogens (tertiary/aromatic N) is 3. The standard InChI is InChI=1S/C20H22FN3O3/c1-13(25)23-9-6-15(7-10-23)20(26)24-11-8-18-17(12-24)19(27-22-18)14-2-4-16(21)5-3-14/h2-5,15H,6-12H2,1H3. The summed E-state index contributed by atoms with van der Waals surface area (Å²) in [6, 6.07) is 6.10. The fourth-order valence-electron chi connectivity index (χ4n) is 3.93. The molecule has 1 saturated heterocycles. The number of aromatic nitrogens is 1. The minimum atomic E-state index is -0.305. The van der Waals surface area contributed by atoms with Crippen molar-refractivity contribution in [3.8, 4) is 11.3 Å². The predicted octanol–water partition coefficient (Wildman–Crippen LogP) is 2.62. The van der Waals surface area contributed by atoms with E-state index in [2.05, 4.69) is 5.16 Å². The average molecular weight is 371 g/mol. The fourth-order valence-corrected chi connectivity index (χ4v) is 3.93. The van der Waals surface area contributed by atoms with Crippen molar-refractivity contribution in [2.45, 2.75) is 32.7 Å². The molecule has 2 aliphatic rings. The van der Waals surface area contributed by atoms with E-state index in [0.29, 0.717) is 51.2 Å². The Balaban J connectivity index is 1.48. The van der Waals surface area contributed by atoms with Crippen LogP contribution in [0.25, 0.3) is 11.3 Å². The topological polar surface area (TPSA) is 66.7 Å². The van der Waals surface area contributed by atoms with Crippen LogP contribution in [0.2, 0.25) is 0 Å². The minimum Gasteiger partial charge on any atom is -0.356 e. The molecule has 4 rings (SSSR count). The molecule has 1 aromatic carbocycles. The van der Waals surface area contributed by atoms with Gasteiger partial charge in [0.05, 0.1) is 12.2 Å². The largest absolute Gasteiger partial charge is 0.356 e. The lowest BCUT2D eigenvalue weighted by molar-refractivity contribution is -0.140. The Morgan fingerprint density at radius 3 is 2.48 bits per heavy atom. The summed E-state index contributed by atoms with van der Waals surface area (Å²) in [5.41, 5.74) is 2.53. The lowest BCUT2D eigenvalue weighted by Gasteiger charge is -2.35. The van der Waals surface area contributed by atoms with Gasteiger partial charge in [-0.1, -0.05) is 5.16 Å². The number of hydrogen-bond acceptors (Lipinski definition) is 4. The third-order valence-corrected chi connectivity index (χ3v) is 5.54. The summed E-state index contributed by atoms with van der Waals surface area (Å²) in [5.74, 6) is 0.457. The average Bonchev–Trinajstić information content (AvgIpc) is 3.11. The highest BCUT2D eigenvalue weighted by atomic mass is 19.1. The van der Waals surface area contributed by atoms with Crippen molar-refractivity contribution in [1.29, 1.82) is 0 Å². The molecule has 6 nitrogen and oxygen atoms in total. The van der Waals surface area contributed by atoms with Crippen LogP contribution in [0.1, 0.15) is 31.0 Å². The monoisotopic (exact) mass is 371 g/mol. The van der Waals surface area contributed by atoms with E-state index in [0.717, 1.165) is 16.8 Å². The number of benzene rings is 1. The zero-order valence-electron chi connectivity index (χ0n) is 15.3.